The van der Waals surface area contributed by atoms with Gasteiger partial charge in [-0.15, -0.1) is 4.70 Å². The van der Waals surface area contributed by atoms with Gasteiger partial charge in [0.1, 0.15) is 0 Å². The van der Waals surface area contributed by atoms with Gasteiger partial charge in [-0.1, -0.05) is 0 Å². The van der Waals surface area contributed by atoms with Gasteiger partial charge in [0.25, 0.3) is 12.5 Å². The van der Waals surface area contributed by atoms with Crippen LogP contribution in [0.4, 0.5) is 11.4 Å². The average molecular weight is 299 g/mol. The van der Waals surface area contributed by atoms with Crippen LogP contribution in [0.15, 0.2) is 41.2 Å². The van der Waals surface area contributed by atoms with Crippen molar-refractivity contribution in [2.75, 3.05) is 50.5 Å². The van der Waals surface area contributed by atoms with Gasteiger partial charge in [-0.25, -0.2) is 0 Å². The molecule has 1 saturated heterocycles. The highest BCUT2D eigenvalue weighted by atomic mass is 16.2. The van der Waals surface area contributed by atoms with E-state index in [1.54, 1.807) is 24.4 Å². The van der Waals surface area contributed by atoms with Crippen LogP contribution in [0.2, 0.25) is 0 Å². The Hall–Kier alpha value is -2.21. The maximum absolute atomic E-state index is 12.0. The van der Waals surface area contributed by atoms with Crippen molar-refractivity contribution in [3.63, 3.8) is 0 Å². The minimum Gasteiger partial charge on any atom is -0.369 e. The van der Waals surface area contributed by atoms with Gasteiger partial charge in [0.05, 0.1) is 0 Å². The van der Waals surface area contributed by atoms with E-state index in [1.165, 1.54) is 5.69 Å². The summed E-state index contributed by atoms with van der Waals surface area (Å²) in [4.78, 5) is 16.7. The van der Waals surface area contributed by atoms with Crippen molar-refractivity contribution >= 4 is 17.3 Å². The number of hydrogen-bond acceptors (Lipinski definition) is 4. The SMILES string of the molecule is CN1CCN(c2ccc(NC(=O)C3=C[CH][N+](C)=N3)cc2)CC1. The molecule has 0 atom stereocenters. The fourth-order valence-corrected chi connectivity index (χ4v) is 2.55. The van der Waals surface area contributed by atoms with Crippen LogP contribution in [0.25, 0.3) is 0 Å². The molecule has 0 saturated carbocycles. The summed E-state index contributed by atoms with van der Waals surface area (Å²) in [5.74, 6) is -0.187. The lowest BCUT2D eigenvalue weighted by atomic mass is 10.2. The molecule has 0 spiro atoms. The van der Waals surface area contributed by atoms with E-state index in [9.17, 15) is 4.79 Å². The Labute approximate surface area is 130 Å². The number of piperazine rings is 1. The molecule has 1 amide bonds. The molecule has 0 unspecified atom stereocenters. The van der Waals surface area contributed by atoms with E-state index >= 15 is 0 Å². The molecule has 1 N–H and O–H groups in total. The van der Waals surface area contributed by atoms with E-state index in [2.05, 4.69) is 39.4 Å². The summed E-state index contributed by atoms with van der Waals surface area (Å²) in [6, 6.07) is 7.99. The molecule has 0 aromatic heterocycles. The Morgan fingerprint density at radius 2 is 1.86 bits per heavy atom. The van der Waals surface area contributed by atoms with Crippen LogP contribution in [0.5, 0.6) is 0 Å². The predicted molar refractivity (Wildman–Crippen MR) is 85.8 cm³/mol. The summed E-state index contributed by atoms with van der Waals surface area (Å²) in [6.07, 6.45) is 1.70. The van der Waals surface area contributed by atoms with Crippen LogP contribution in [-0.2, 0) is 4.79 Å². The van der Waals surface area contributed by atoms with E-state index in [-0.39, 0.29) is 5.91 Å². The van der Waals surface area contributed by atoms with Gasteiger partial charge in [-0.2, -0.15) is 0 Å². The first-order chi connectivity index (χ1) is 10.6. The fourth-order valence-electron chi connectivity index (χ4n) is 2.55. The molecule has 1 aromatic carbocycles. The summed E-state index contributed by atoms with van der Waals surface area (Å²) >= 11 is 0. The highest BCUT2D eigenvalue weighted by Crippen LogP contribution is 2.20. The van der Waals surface area contributed by atoms with Crippen molar-refractivity contribution in [2.45, 2.75) is 0 Å². The second-order valence-electron chi connectivity index (χ2n) is 5.67. The quantitative estimate of drug-likeness (QED) is 0.861. The first-order valence-corrected chi connectivity index (χ1v) is 7.46. The number of nitrogens with one attached hydrogen (secondary N) is 1. The number of rotatable bonds is 3. The molecular weight excluding hydrogens is 278 g/mol. The van der Waals surface area contributed by atoms with Gasteiger partial charge < -0.3 is 15.1 Å². The molecular formula is C16H21N5O+. The maximum atomic E-state index is 12.0. The minimum atomic E-state index is -0.187. The monoisotopic (exact) mass is 299 g/mol. The Kier molecular flexibility index (Phi) is 4.20. The van der Waals surface area contributed by atoms with Gasteiger partial charge in [-0.3, -0.25) is 4.79 Å². The number of azo groups is 2. The van der Waals surface area contributed by atoms with Crippen LogP contribution in [0.3, 0.4) is 0 Å². The number of likely N-dealkylation sites (N-methyl/N-ethyl adjacent to an activating group) is 2. The Bertz CT molecular complexity index is 612. The van der Waals surface area contributed by atoms with E-state index in [1.807, 2.05) is 12.1 Å². The van der Waals surface area contributed by atoms with Gasteiger partial charge in [0.2, 0.25) is 0 Å². The number of hydrogen-bond donors (Lipinski definition) is 1. The molecule has 2 aliphatic heterocycles. The van der Waals surface area contributed by atoms with E-state index in [0.29, 0.717) is 5.70 Å². The third-order valence-electron chi connectivity index (χ3n) is 3.94. The van der Waals surface area contributed by atoms with Crippen LogP contribution in [-0.4, -0.2) is 55.8 Å². The zero-order valence-electron chi connectivity index (χ0n) is 13.0. The third-order valence-corrected chi connectivity index (χ3v) is 3.94. The standard InChI is InChI=1S/C16H21N5O/c1-19-9-11-21(12-10-19)14-5-3-13(4-6-14)17-16(22)15-7-8-20(2)18-15/h3-8H,9-12H2,1-2H3,(H,17,22)/q+1. The first-order valence-electron chi connectivity index (χ1n) is 7.46. The molecule has 2 heterocycles. The number of anilines is 2. The van der Waals surface area contributed by atoms with Crippen molar-refractivity contribution in [2.24, 2.45) is 5.11 Å². The Balaban J connectivity index is 1.61. The summed E-state index contributed by atoms with van der Waals surface area (Å²) in [5, 5.41) is 6.96. The molecule has 3 rings (SSSR count). The zero-order chi connectivity index (χ0) is 15.5. The van der Waals surface area contributed by atoms with E-state index < -0.39 is 0 Å². The number of benzene rings is 1. The third kappa shape index (κ3) is 3.33. The number of amides is 1. The van der Waals surface area contributed by atoms with Crippen LogP contribution < -0.4 is 10.2 Å². The second-order valence-corrected chi connectivity index (χ2v) is 5.67. The van der Waals surface area contributed by atoms with E-state index in [0.717, 1.165) is 31.9 Å². The van der Waals surface area contributed by atoms with Gasteiger partial charge in [0, 0.05) is 48.7 Å². The highest BCUT2D eigenvalue weighted by Gasteiger charge is 2.20. The highest BCUT2D eigenvalue weighted by molar-refractivity contribution is 6.03. The van der Waals surface area contributed by atoms with Crippen molar-refractivity contribution < 1.29 is 9.49 Å². The van der Waals surface area contributed by atoms with Crippen molar-refractivity contribution in [1.82, 2.24) is 4.90 Å². The summed E-state index contributed by atoms with van der Waals surface area (Å²) in [6.45, 7) is 5.99. The number of carbonyl (C=O) groups is 1. The van der Waals surface area contributed by atoms with Crippen LogP contribution in [0, 0.1) is 6.54 Å². The lowest BCUT2D eigenvalue weighted by Crippen LogP contribution is -2.44. The lowest BCUT2D eigenvalue weighted by Gasteiger charge is -2.34. The summed E-state index contributed by atoms with van der Waals surface area (Å²) < 4.78 is 1.62. The largest absolute Gasteiger partial charge is 0.369 e. The molecule has 1 radical (unpaired) electrons. The normalized spacial score (nSPS) is 18.9. The summed E-state index contributed by atoms with van der Waals surface area (Å²) in [7, 11) is 3.94. The summed E-state index contributed by atoms with van der Waals surface area (Å²) in [5.41, 5.74) is 2.41. The molecule has 22 heavy (non-hydrogen) atoms. The van der Waals surface area contributed by atoms with Crippen molar-refractivity contribution in [1.29, 1.82) is 0 Å². The van der Waals surface area contributed by atoms with Crippen molar-refractivity contribution in [3.8, 4) is 0 Å². The molecule has 1 fully saturated rings. The predicted octanol–water partition coefficient (Wildman–Crippen LogP) is 1.53. The van der Waals surface area contributed by atoms with Crippen LogP contribution in [0.1, 0.15) is 0 Å². The second kappa shape index (κ2) is 6.27. The molecule has 115 valence electrons. The molecule has 6 nitrogen and oxygen atoms in total. The zero-order valence-corrected chi connectivity index (χ0v) is 13.0. The Morgan fingerprint density at radius 3 is 2.45 bits per heavy atom. The average Bonchev–Trinajstić information content (AvgIpc) is 2.96. The minimum absolute atomic E-state index is 0.187. The van der Waals surface area contributed by atoms with Gasteiger partial charge in [0.15, 0.2) is 12.7 Å². The van der Waals surface area contributed by atoms with Crippen LogP contribution >= 0.6 is 0 Å². The molecule has 2 aliphatic rings. The first kappa shape index (κ1) is 14.7. The fraction of sp³-hybridized carbons (Fsp3) is 0.375. The lowest BCUT2D eigenvalue weighted by molar-refractivity contribution is -0.512. The topological polar surface area (TPSA) is 50.9 Å². The molecule has 1 aromatic rings. The maximum Gasteiger partial charge on any atom is 0.280 e. The van der Waals surface area contributed by atoms with Gasteiger partial charge in [-0.05, 0) is 31.3 Å². The number of carbonyl (C=O) groups excluding carboxylic acids is 1. The Morgan fingerprint density at radius 1 is 1.18 bits per heavy atom. The van der Waals surface area contributed by atoms with E-state index in [4.69, 9.17) is 0 Å². The van der Waals surface area contributed by atoms with Gasteiger partial charge >= 0.3 is 0 Å². The number of nitrogens with zero attached hydrogens (tertiary/aromatic N) is 4. The molecule has 0 bridgehead atoms. The molecule has 0 aliphatic carbocycles. The van der Waals surface area contributed by atoms with Crippen molar-refractivity contribution in [3.05, 3.63) is 42.6 Å². The smallest absolute Gasteiger partial charge is 0.280 e. The molecule has 6 heteroatoms.